The van der Waals surface area contributed by atoms with E-state index in [9.17, 15) is 9.59 Å². The van der Waals surface area contributed by atoms with Crippen molar-refractivity contribution < 1.29 is 19.1 Å². The van der Waals surface area contributed by atoms with Crippen LogP contribution in [0.4, 0.5) is 0 Å². The minimum atomic E-state index is -0.671. The van der Waals surface area contributed by atoms with Crippen molar-refractivity contribution >= 4 is 11.9 Å². The van der Waals surface area contributed by atoms with Gasteiger partial charge in [0.2, 0.25) is 0 Å². The molecule has 0 spiro atoms. The molecule has 0 aliphatic carbocycles. The zero-order chi connectivity index (χ0) is 11.3. The van der Waals surface area contributed by atoms with Gasteiger partial charge in [-0.1, -0.05) is 26.7 Å². The minimum absolute atomic E-state index is 0.235. The maximum absolute atomic E-state index is 11.2. The van der Waals surface area contributed by atoms with E-state index in [2.05, 4.69) is 18.6 Å². The van der Waals surface area contributed by atoms with Crippen LogP contribution in [0.15, 0.2) is 0 Å². The predicted octanol–water partition coefficient (Wildman–Crippen LogP) is 1.67. The number of carbonyl (C=O) groups excluding carboxylic acids is 2. The summed E-state index contributed by atoms with van der Waals surface area (Å²) in [5.41, 5.74) is 0. The van der Waals surface area contributed by atoms with E-state index in [4.69, 9.17) is 4.74 Å². The number of hydrogen-bond donors (Lipinski definition) is 0. The fourth-order valence-corrected chi connectivity index (χ4v) is 1.50. The van der Waals surface area contributed by atoms with Gasteiger partial charge in [0, 0.05) is 0 Å². The highest BCUT2D eigenvalue weighted by Gasteiger charge is 2.29. The molecule has 1 saturated heterocycles. The summed E-state index contributed by atoms with van der Waals surface area (Å²) in [6.07, 6.45) is 2.99. The predicted molar refractivity (Wildman–Crippen MR) is 54.1 cm³/mol. The third kappa shape index (κ3) is 3.90. The zero-order valence-electron chi connectivity index (χ0n) is 9.32. The molecule has 0 bridgehead atoms. The van der Waals surface area contributed by atoms with E-state index >= 15 is 0 Å². The minimum Gasteiger partial charge on any atom is -0.451 e. The molecule has 0 radical (unpaired) electrons. The molecule has 0 amide bonds. The van der Waals surface area contributed by atoms with Crippen LogP contribution in [-0.4, -0.2) is 24.6 Å². The van der Waals surface area contributed by atoms with Gasteiger partial charge in [-0.2, -0.15) is 0 Å². The Morgan fingerprint density at radius 2 is 2.20 bits per heavy atom. The van der Waals surface area contributed by atoms with Crippen LogP contribution in [0, 0.1) is 5.92 Å². The molecular formula is C11H18O4. The van der Waals surface area contributed by atoms with Crippen LogP contribution in [0.2, 0.25) is 0 Å². The summed E-state index contributed by atoms with van der Waals surface area (Å²) in [7, 11) is 0. The Bertz CT molecular complexity index is 237. The Labute approximate surface area is 89.9 Å². The molecule has 0 aromatic rings. The van der Waals surface area contributed by atoms with Crippen molar-refractivity contribution in [1.29, 1.82) is 0 Å². The summed E-state index contributed by atoms with van der Waals surface area (Å²) in [6, 6.07) is 0. The number of cyclic esters (lactones) is 2. The van der Waals surface area contributed by atoms with Crippen molar-refractivity contribution in [3.8, 4) is 0 Å². The van der Waals surface area contributed by atoms with Crippen LogP contribution in [0.1, 0.15) is 39.5 Å². The maximum Gasteiger partial charge on any atom is 0.348 e. The average Bonchev–Trinajstić information content (AvgIpc) is 2.23. The van der Waals surface area contributed by atoms with Crippen molar-refractivity contribution in [1.82, 2.24) is 0 Å². The van der Waals surface area contributed by atoms with Gasteiger partial charge in [0.25, 0.3) is 0 Å². The lowest BCUT2D eigenvalue weighted by Crippen LogP contribution is -2.37. The number of carbonyl (C=O) groups is 2. The number of ether oxygens (including phenoxy) is 2. The topological polar surface area (TPSA) is 52.6 Å². The molecule has 4 nitrogen and oxygen atoms in total. The first kappa shape index (κ1) is 12.0. The van der Waals surface area contributed by atoms with E-state index in [1.807, 2.05) is 0 Å². The molecule has 2 atom stereocenters. The molecule has 1 rings (SSSR count). The van der Waals surface area contributed by atoms with E-state index in [0.29, 0.717) is 12.3 Å². The Morgan fingerprint density at radius 1 is 1.47 bits per heavy atom. The smallest absolute Gasteiger partial charge is 0.348 e. The van der Waals surface area contributed by atoms with Gasteiger partial charge in [-0.3, -0.25) is 0 Å². The Kier molecular flexibility index (Phi) is 4.59. The first-order valence-corrected chi connectivity index (χ1v) is 5.49. The van der Waals surface area contributed by atoms with Crippen LogP contribution < -0.4 is 0 Å². The summed E-state index contributed by atoms with van der Waals surface area (Å²) >= 11 is 0. The molecule has 0 aromatic carbocycles. The SMILES string of the molecule is CCC(C)CCCC1OC(=O)COC1=O. The molecule has 0 aromatic heterocycles. The summed E-state index contributed by atoms with van der Waals surface area (Å²) in [4.78, 5) is 22.1. The third-order valence-electron chi connectivity index (χ3n) is 2.73. The molecule has 86 valence electrons. The average molecular weight is 214 g/mol. The molecule has 1 aliphatic rings. The summed E-state index contributed by atoms with van der Waals surface area (Å²) in [5.74, 6) is -0.192. The van der Waals surface area contributed by atoms with Crippen LogP contribution in [0.3, 0.4) is 0 Å². The van der Waals surface area contributed by atoms with Crippen LogP contribution in [-0.2, 0) is 19.1 Å². The van der Waals surface area contributed by atoms with Crippen LogP contribution >= 0.6 is 0 Å². The van der Waals surface area contributed by atoms with Crippen molar-refractivity contribution in [2.45, 2.75) is 45.6 Å². The summed E-state index contributed by atoms with van der Waals surface area (Å²) in [6.45, 7) is 4.07. The van der Waals surface area contributed by atoms with Gasteiger partial charge in [0.1, 0.15) is 0 Å². The van der Waals surface area contributed by atoms with E-state index in [1.165, 1.54) is 0 Å². The molecule has 1 heterocycles. The van der Waals surface area contributed by atoms with E-state index in [1.54, 1.807) is 0 Å². The Hall–Kier alpha value is -1.06. The maximum atomic E-state index is 11.2. The Morgan fingerprint density at radius 3 is 2.87 bits per heavy atom. The molecule has 1 fully saturated rings. The third-order valence-corrected chi connectivity index (χ3v) is 2.73. The van der Waals surface area contributed by atoms with Gasteiger partial charge in [0.15, 0.2) is 12.7 Å². The highest BCUT2D eigenvalue weighted by molar-refractivity contribution is 5.85. The van der Waals surface area contributed by atoms with Gasteiger partial charge in [-0.05, 0) is 18.8 Å². The second-order valence-electron chi connectivity index (χ2n) is 4.03. The van der Waals surface area contributed by atoms with E-state index in [0.717, 1.165) is 19.3 Å². The normalized spacial score (nSPS) is 23.2. The molecule has 0 saturated carbocycles. The molecule has 1 aliphatic heterocycles. The quantitative estimate of drug-likeness (QED) is 0.653. The van der Waals surface area contributed by atoms with Gasteiger partial charge in [-0.25, -0.2) is 9.59 Å². The lowest BCUT2D eigenvalue weighted by Gasteiger charge is -2.21. The molecule has 15 heavy (non-hydrogen) atoms. The summed E-state index contributed by atoms with van der Waals surface area (Å²) < 4.78 is 9.57. The van der Waals surface area contributed by atoms with Crippen molar-refractivity contribution in [3.63, 3.8) is 0 Å². The fourth-order valence-electron chi connectivity index (χ4n) is 1.50. The first-order chi connectivity index (χ1) is 7.13. The van der Waals surface area contributed by atoms with Gasteiger partial charge >= 0.3 is 11.9 Å². The molecule has 0 N–H and O–H groups in total. The first-order valence-electron chi connectivity index (χ1n) is 5.49. The van der Waals surface area contributed by atoms with E-state index in [-0.39, 0.29) is 6.61 Å². The van der Waals surface area contributed by atoms with Gasteiger partial charge in [-0.15, -0.1) is 0 Å². The van der Waals surface area contributed by atoms with Crippen molar-refractivity contribution in [2.24, 2.45) is 5.92 Å². The van der Waals surface area contributed by atoms with Crippen LogP contribution in [0.5, 0.6) is 0 Å². The lowest BCUT2D eigenvalue weighted by atomic mass is 10.00. The van der Waals surface area contributed by atoms with Crippen LogP contribution in [0.25, 0.3) is 0 Å². The second-order valence-corrected chi connectivity index (χ2v) is 4.03. The lowest BCUT2D eigenvalue weighted by molar-refractivity contribution is -0.185. The number of rotatable bonds is 5. The van der Waals surface area contributed by atoms with E-state index < -0.39 is 18.0 Å². The second kappa shape index (κ2) is 5.73. The van der Waals surface area contributed by atoms with Gasteiger partial charge < -0.3 is 9.47 Å². The monoisotopic (exact) mass is 214 g/mol. The number of hydrogen-bond acceptors (Lipinski definition) is 4. The zero-order valence-corrected chi connectivity index (χ0v) is 9.32. The highest BCUT2D eigenvalue weighted by atomic mass is 16.6. The molecule has 2 unspecified atom stereocenters. The molecule has 4 heteroatoms. The fraction of sp³-hybridized carbons (Fsp3) is 0.818. The standard InChI is InChI=1S/C11H18O4/c1-3-8(2)5-4-6-9-11(13)14-7-10(12)15-9/h8-9H,3-7H2,1-2H3. The highest BCUT2D eigenvalue weighted by Crippen LogP contribution is 2.16. The number of esters is 2. The van der Waals surface area contributed by atoms with Crippen molar-refractivity contribution in [3.05, 3.63) is 0 Å². The Balaban J connectivity index is 2.24. The summed E-state index contributed by atoms with van der Waals surface area (Å²) in [5, 5.41) is 0. The van der Waals surface area contributed by atoms with Gasteiger partial charge in [0.05, 0.1) is 0 Å². The largest absolute Gasteiger partial charge is 0.451 e. The molecular weight excluding hydrogens is 196 g/mol. The van der Waals surface area contributed by atoms with Crippen molar-refractivity contribution in [2.75, 3.05) is 6.61 Å².